The molecule has 0 fully saturated rings. The standard InChI is InChI=1S/C19H18N4O4/c1-2-21(11-14-6-4-3-5-7-14)18(24)12-22-13-20-17-10-15(23(26)27)8-9-16(17)19(22)25/h3-10,13H,2,11-12H2,1H3. The van der Waals surface area contributed by atoms with Crippen molar-refractivity contribution in [3.05, 3.63) is 80.9 Å². The van der Waals surface area contributed by atoms with Gasteiger partial charge in [-0.1, -0.05) is 30.3 Å². The van der Waals surface area contributed by atoms with Crippen LogP contribution in [0.2, 0.25) is 0 Å². The number of fused-ring (bicyclic) bond motifs is 1. The summed E-state index contributed by atoms with van der Waals surface area (Å²) in [7, 11) is 0. The summed E-state index contributed by atoms with van der Waals surface area (Å²) in [5, 5.41) is 11.1. The quantitative estimate of drug-likeness (QED) is 0.493. The molecule has 0 aliphatic heterocycles. The number of benzene rings is 2. The number of hydrogen-bond acceptors (Lipinski definition) is 5. The summed E-state index contributed by atoms with van der Waals surface area (Å²) in [6, 6.07) is 13.5. The normalized spacial score (nSPS) is 10.7. The van der Waals surface area contributed by atoms with Gasteiger partial charge in [-0.15, -0.1) is 0 Å². The third-order valence-corrected chi connectivity index (χ3v) is 4.28. The highest BCUT2D eigenvalue weighted by Gasteiger charge is 2.16. The van der Waals surface area contributed by atoms with Crippen molar-refractivity contribution in [2.45, 2.75) is 20.0 Å². The summed E-state index contributed by atoms with van der Waals surface area (Å²) in [5.74, 6) is -0.202. The number of hydrogen-bond donors (Lipinski definition) is 0. The van der Waals surface area contributed by atoms with Crippen molar-refractivity contribution >= 4 is 22.5 Å². The molecule has 27 heavy (non-hydrogen) atoms. The van der Waals surface area contributed by atoms with E-state index in [4.69, 9.17) is 0 Å². The summed E-state index contributed by atoms with van der Waals surface area (Å²) in [6.07, 6.45) is 1.25. The molecule has 0 saturated heterocycles. The van der Waals surface area contributed by atoms with E-state index in [9.17, 15) is 19.7 Å². The average molecular weight is 366 g/mol. The van der Waals surface area contributed by atoms with Crippen molar-refractivity contribution in [2.75, 3.05) is 6.54 Å². The van der Waals surface area contributed by atoms with Crippen LogP contribution < -0.4 is 5.56 Å². The topological polar surface area (TPSA) is 98.3 Å². The molecule has 0 saturated carbocycles. The number of non-ortho nitro benzene ring substituents is 1. The number of aromatic nitrogens is 2. The Morgan fingerprint density at radius 1 is 1.22 bits per heavy atom. The molecular formula is C19H18N4O4. The lowest BCUT2D eigenvalue weighted by Crippen LogP contribution is -2.36. The molecular weight excluding hydrogens is 348 g/mol. The van der Waals surface area contributed by atoms with E-state index in [0.717, 1.165) is 5.56 Å². The minimum Gasteiger partial charge on any atom is -0.337 e. The number of nitro benzene ring substituents is 1. The Bertz CT molecular complexity index is 1050. The molecule has 8 nitrogen and oxygen atoms in total. The lowest BCUT2D eigenvalue weighted by Gasteiger charge is -2.21. The smallest absolute Gasteiger partial charge is 0.271 e. The van der Waals surface area contributed by atoms with Gasteiger partial charge < -0.3 is 4.90 Å². The monoisotopic (exact) mass is 366 g/mol. The Hall–Kier alpha value is -3.55. The van der Waals surface area contributed by atoms with Gasteiger partial charge in [0.15, 0.2) is 0 Å². The second-order valence-corrected chi connectivity index (χ2v) is 6.03. The first-order valence-electron chi connectivity index (χ1n) is 8.45. The van der Waals surface area contributed by atoms with Crippen LogP contribution in [0.4, 0.5) is 5.69 Å². The number of nitrogens with zero attached hydrogens (tertiary/aromatic N) is 4. The molecule has 1 aromatic heterocycles. The van der Waals surface area contributed by atoms with Crippen LogP contribution in [0, 0.1) is 10.1 Å². The van der Waals surface area contributed by atoms with E-state index in [-0.39, 0.29) is 29.0 Å². The number of carbonyl (C=O) groups is 1. The zero-order valence-electron chi connectivity index (χ0n) is 14.7. The highest BCUT2D eigenvalue weighted by atomic mass is 16.6. The van der Waals surface area contributed by atoms with E-state index in [2.05, 4.69) is 4.98 Å². The maximum Gasteiger partial charge on any atom is 0.271 e. The molecule has 138 valence electrons. The molecule has 0 aliphatic carbocycles. The first-order valence-corrected chi connectivity index (χ1v) is 8.45. The van der Waals surface area contributed by atoms with E-state index in [1.54, 1.807) is 4.90 Å². The number of nitro groups is 1. The molecule has 1 heterocycles. The summed E-state index contributed by atoms with van der Waals surface area (Å²) in [4.78, 5) is 41.3. The van der Waals surface area contributed by atoms with Crippen molar-refractivity contribution in [3.63, 3.8) is 0 Å². The average Bonchev–Trinajstić information content (AvgIpc) is 2.68. The maximum atomic E-state index is 12.6. The van der Waals surface area contributed by atoms with Crippen molar-refractivity contribution in [3.8, 4) is 0 Å². The predicted octanol–water partition coefficient (Wildman–Crippen LogP) is 2.35. The zero-order valence-corrected chi connectivity index (χ0v) is 14.7. The third kappa shape index (κ3) is 4.00. The van der Waals surface area contributed by atoms with E-state index in [1.807, 2.05) is 37.3 Å². The van der Waals surface area contributed by atoms with Gasteiger partial charge >= 0.3 is 0 Å². The number of amides is 1. The lowest BCUT2D eigenvalue weighted by atomic mass is 10.2. The summed E-state index contributed by atoms with van der Waals surface area (Å²) in [6.45, 7) is 2.70. The molecule has 8 heteroatoms. The van der Waals surface area contributed by atoms with Crippen LogP contribution in [0.1, 0.15) is 12.5 Å². The highest BCUT2D eigenvalue weighted by molar-refractivity contribution is 5.80. The SMILES string of the molecule is CCN(Cc1ccccc1)C(=O)Cn1cnc2cc([N+](=O)[O-])ccc2c1=O. The van der Waals surface area contributed by atoms with Crippen molar-refractivity contribution in [1.29, 1.82) is 0 Å². The minimum absolute atomic E-state index is 0.136. The maximum absolute atomic E-state index is 12.6. The molecule has 3 rings (SSSR count). The molecule has 0 aliphatic rings. The van der Waals surface area contributed by atoms with Crippen LogP contribution >= 0.6 is 0 Å². The van der Waals surface area contributed by atoms with Gasteiger partial charge in [-0.2, -0.15) is 0 Å². The fourth-order valence-electron chi connectivity index (χ4n) is 2.80. The molecule has 0 N–H and O–H groups in total. The largest absolute Gasteiger partial charge is 0.337 e. The Morgan fingerprint density at radius 3 is 2.63 bits per heavy atom. The molecule has 0 spiro atoms. The first-order chi connectivity index (χ1) is 13.0. The van der Waals surface area contributed by atoms with Gasteiger partial charge in [0.2, 0.25) is 5.91 Å². The molecule has 0 bridgehead atoms. The Balaban J connectivity index is 1.83. The van der Waals surface area contributed by atoms with Gasteiger partial charge in [-0.05, 0) is 18.6 Å². The van der Waals surface area contributed by atoms with Gasteiger partial charge in [0.05, 0.1) is 22.2 Å². The number of rotatable bonds is 6. The van der Waals surface area contributed by atoms with Gasteiger partial charge in [0.25, 0.3) is 11.2 Å². The third-order valence-electron chi connectivity index (χ3n) is 4.28. The molecule has 1 amide bonds. The van der Waals surface area contributed by atoms with Gasteiger partial charge in [-0.3, -0.25) is 24.3 Å². The van der Waals surface area contributed by atoms with Gasteiger partial charge in [0.1, 0.15) is 6.54 Å². The van der Waals surface area contributed by atoms with Crippen LogP contribution in [0.25, 0.3) is 10.9 Å². The second-order valence-electron chi connectivity index (χ2n) is 6.03. The fraction of sp³-hybridized carbons (Fsp3) is 0.211. The molecule has 0 radical (unpaired) electrons. The molecule has 3 aromatic rings. The molecule has 2 aromatic carbocycles. The van der Waals surface area contributed by atoms with Crippen LogP contribution in [-0.4, -0.2) is 31.8 Å². The van der Waals surface area contributed by atoms with Crippen LogP contribution in [0.15, 0.2) is 59.7 Å². The minimum atomic E-state index is -0.543. The number of carbonyl (C=O) groups excluding carboxylic acids is 1. The van der Waals surface area contributed by atoms with Crippen LogP contribution in [0.3, 0.4) is 0 Å². The fourth-order valence-corrected chi connectivity index (χ4v) is 2.80. The summed E-state index contributed by atoms with van der Waals surface area (Å²) in [5.41, 5.74) is 0.695. The van der Waals surface area contributed by atoms with Crippen molar-refractivity contribution in [1.82, 2.24) is 14.5 Å². The number of likely N-dealkylation sites (N-methyl/N-ethyl adjacent to an activating group) is 1. The van der Waals surface area contributed by atoms with Crippen molar-refractivity contribution in [2.24, 2.45) is 0 Å². The van der Waals surface area contributed by atoms with E-state index in [0.29, 0.717) is 13.1 Å². The van der Waals surface area contributed by atoms with Crippen LogP contribution in [-0.2, 0) is 17.9 Å². The first kappa shape index (κ1) is 18.2. The summed E-state index contributed by atoms with van der Waals surface area (Å²) >= 11 is 0. The Morgan fingerprint density at radius 2 is 1.96 bits per heavy atom. The summed E-state index contributed by atoms with van der Waals surface area (Å²) < 4.78 is 1.23. The predicted molar refractivity (Wildman–Crippen MR) is 100 cm³/mol. The van der Waals surface area contributed by atoms with E-state index in [1.165, 1.54) is 29.1 Å². The zero-order chi connectivity index (χ0) is 19.4. The lowest BCUT2D eigenvalue weighted by molar-refractivity contribution is -0.384. The van der Waals surface area contributed by atoms with E-state index < -0.39 is 10.5 Å². The Kier molecular flexibility index (Phi) is 5.25. The van der Waals surface area contributed by atoms with Gasteiger partial charge in [-0.25, -0.2) is 4.98 Å². The van der Waals surface area contributed by atoms with E-state index >= 15 is 0 Å². The molecule has 0 unspecified atom stereocenters. The van der Waals surface area contributed by atoms with Crippen LogP contribution in [0.5, 0.6) is 0 Å². The highest BCUT2D eigenvalue weighted by Crippen LogP contribution is 2.16. The molecule has 0 atom stereocenters. The van der Waals surface area contributed by atoms with Crippen molar-refractivity contribution < 1.29 is 9.72 Å². The second kappa shape index (κ2) is 7.77. The Labute approximate surface area is 154 Å². The van der Waals surface area contributed by atoms with Gasteiger partial charge in [0, 0.05) is 25.2 Å².